The molecule has 158 valence electrons. The third kappa shape index (κ3) is 8.09. The van der Waals surface area contributed by atoms with Crippen molar-refractivity contribution in [1.29, 1.82) is 0 Å². The Balaban J connectivity index is 1.90. The number of benzene rings is 1. The smallest absolute Gasteiger partial charge is 0.302 e. The maximum atomic E-state index is 11.4. The molecule has 0 bridgehead atoms. The number of phenolic OH excluding ortho intramolecular Hbond substituents is 1. The lowest BCUT2D eigenvalue weighted by atomic mass is 9.99. The maximum Gasteiger partial charge on any atom is 0.302 e. The van der Waals surface area contributed by atoms with Crippen LogP contribution in [0.4, 0.5) is 0 Å². The quantitative estimate of drug-likeness (QED) is 0.390. The fourth-order valence-electron chi connectivity index (χ4n) is 3.83. The number of esters is 1. The fraction of sp³-hybridized carbons (Fsp3) is 0.696. The number of aliphatic hydroxyl groups is 1. The predicted molar refractivity (Wildman–Crippen MR) is 110 cm³/mol. The third-order valence-electron chi connectivity index (χ3n) is 5.38. The van der Waals surface area contributed by atoms with Gasteiger partial charge in [-0.2, -0.15) is 0 Å². The topological polar surface area (TPSA) is 76.0 Å². The summed E-state index contributed by atoms with van der Waals surface area (Å²) in [4.78, 5) is 11.4. The van der Waals surface area contributed by atoms with Gasteiger partial charge in [0.1, 0.15) is 6.10 Å². The molecule has 0 aromatic heterocycles. The van der Waals surface area contributed by atoms with Gasteiger partial charge in [-0.05, 0) is 62.6 Å². The zero-order valence-electron chi connectivity index (χ0n) is 17.4. The molecule has 1 aromatic rings. The highest BCUT2D eigenvalue weighted by Crippen LogP contribution is 2.32. The number of rotatable bonds is 12. The van der Waals surface area contributed by atoms with Crippen LogP contribution in [0.1, 0.15) is 83.6 Å². The van der Waals surface area contributed by atoms with E-state index < -0.39 is 6.10 Å². The van der Waals surface area contributed by atoms with Crippen LogP contribution in [0.3, 0.4) is 0 Å². The van der Waals surface area contributed by atoms with Crippen molar-refractivity contribution in [3.8, 4) is 11.5 Å². The van der Waals surface area contributed by atoms with Crippen LogP contribution in [0.15, 0.2) is 18.2 Å². The van der Waals surface area contributed by atoms with E-state index in [9.17, 15) is 15.0 Å². The summed E-state index contributed by atoms with van der Waals surface area (Å²) < 4.78 is 11.4. The number of carbonyl (C=O) groups is 1. The van der Waals surface area contributed by atoms with Gasteiger partial charge < -0.3 is 19.7 Å². The maximum absolute atomic E-state index is 11.4. The summed E-state index contributed by atoms with van der Waals surface area (Å²) in [5.41, 5.74) is 1.03. The number of ether oxygens (including phenoxy) is 2. The molecule has 1 fully saturated rings. The first-order valence-corrected chi connectivity index (χ1v) is 10.8. The summed E-state index contributed by atoms with van der Waals surface area (Å²) in [5, 5.41) is 20.3. The number of hydrogen-bond donors (Lipinski definition) is 2. The van der Waals surface area contributed by atoms with E-state index in [0.717, 1.165) is 44.1 Å². The van der Waals surface area contributed by atoms with Gasteiger partial charge in [0, 0.05) is 13.3 Å². The van der Waals surface area contributed by atoms with E-state index in [1.54, 1.807) is 6.07 Å². The first-order valence-electron chi connectivity index (χ1n) is 10.8. The molecule has 0 spiro atoms. The van der Waals surface area contributed by atoms with Gasteiger partial charge in [0.05, 0.1) is 12.2 Å². The van der Waals surface area contributed by atoms with E-state index in [0.29, 0.717) is 25.0 Å². The summed E-state index contributed by atoms with van der Waals surface area (Å²) in [5.74, 6) is 0.383. The molecule has 0 unspecified atom stereocenters. The monoisotopic (exact) mass is 392 g/mol. The average Bonchev–Trinajstić information content (AvgIpc) is 3.15. The average molecular weight is 393 g/mol. The highest BCUT2D eigenvalue weighted by Gasteiger charge is 2.20. The highest BCUT2D eigenvalue weighted by molar-refractivity contribution is 5.66. The lowest BCUT2D eigenvalue weighted by Crippen LogP contribution is -2.23. The van der Waals surface area contributed by atoms with Gasteiger partial charge in [0.2, 0.25) is 0 Å². The fourth-order valence-corrected chi connectivity index (χ4v) is 3.83. The molecular weight excluding hydrogens is 356 g/mol. The molecule has 1 saturated carbocycles. The normalized spacial score (nSPS) is 16.7. The number of unbranched alkanes of at least 4 members (excludes halogenated alkanes) is 2. The molecule has 0 amide bonds. The number of phenols is 1. The van der Waals surface area contributed by atoms with Crippen LogP contribution in [0.5, 0.6) is 11.5 Å². The number of carbonyl (C=O) groups excluding carboxylic acids is 1. The Morgan fingerprint density at radius 1 is 1.21 bits per heavy atom. The Labute approximate surface area is 169 Å². The number of aromatic hydroxyl groups is 1. The van der Waals surface area contributed by atoms with Gasteiger partial charge >= 0.3 is 5.97 Å². The van der Waals surface area contributed by atoms with Crippen LogP contribution >= 0.6 is 0 Å². The van der Waals surface area contributed by atoms with E-state index in [-0.39, 0.29) is 23.9 Å². The minimum Gasteiger partial charge on any atom is -0.504 e. The molecule has 1 aliphatic rings. The van der Waals surface area contributed by atoms with E-state index in [1.807, 2.05) is 12.1 Å². The molecule has 0 radical (unpaired) electrons. The second-order valence-electron chi connectivity index (χ2n) is 7.98. The molecule has 0 heterocycles. The van der Waals surface area contributed by atoms with Crippen LogP contribution < -0.4 is 4.74 Å². The predicted octanol–water partition coefficient (Wildman–Crippen LogP) is 4.91. The molecule has 2 N–H and O–H groups in total. The Kier molecular flexibility index (Phi) is 9.62. The van der Waals surface area contributed by atoms with Crippen molar-refractivity contribution in [1.82, 2.24) is 0 Å². The van der Waals surface area contributed by atoms with Crippen LogP contribution in [0.2, 0.25) is 0 Å². The minimum atomic E-state index is -0.447. The van der Waals surface area contributed by atoms with Gasteiger partial charge in [0.15, 0.2) is 11.5 Å². The summed E-state index contributed by atoms with van der Waals surface area (Å²) in [6.07, 6.45) is 9.61. The second-order valence-corrected chi connectivity index (χ2v) is 7.98. The lowest BCUT2D eigenvalue weighted by molar-refractivity contribution is -0.148. The summed E-state index contributed by atoms with van der Waals surface area (Å²) in [6, 6.07) is 5.43. The van der Waals surface area contributed by atoms with E-state index in [2.05, 4.69) is 6.92 Å². The molecule has 1 aromatic carbocycles. The van der Waals surface area contributed by atoms with Crippen LogP contribution in [-0.2, 0) is 16.0 Å². The largest absolute Gasteiger partial charge is 0.504 e. The molecular formula is C23H36O5. The van der Waals surface area contributed by atoms with Crippen molar-refractivity contribution in [2.45, 2.75) is 103 Å². The van der Waals surface area contributed by atoms with E-state index >= 15 is 0 Å². The molecule has 5 nitrogen and oxygen atoms in total. The van der Waals surface area contributed by atoms with Crippen molar-refractivity contribution < 1.29 is 24.5 Å². The Hall–Kier alpha value is -1.75. The highest BCUT2D eigenvalue weighted by atomic mass is 16.5. The molecule has 2 atom stereocenters. The minimum absolute atomic E-state index is 0.165. The van der Waals surface area contributed by atoms with Gasteiger partial charge in [-0.3, -0.25) is 4.79 Å². The Bertz CT molecular complexity index is 595. The number of hydrogen-bond acceptors (Lipinski definition) is 5. The molecule has 5 heteroatoms. The zero-order valence-corrected chi connectivity index (χ0v) is 17.4. The second kappa shape index (κ2) is 11.9. The van der Waals surface area contributed by atoms with Crippen molar-refractivity contribution in [2.75, 3.05) is 0 Å². The standard InChI is InChI=1S/C23H36O5/c1-3-4-5-8-19(25)16-21(27-17(2)24)13-11-18-12-14-22(26)23(15-18)28-20-9-6-7-10-20/h12,14-15,19-21,25-26H,3-11,13,16H2,1-2H3/t19-,21+/m0/s1. The van der Waals surface area contributed by atoms with Crippen molar-refractivity contribution >= 4 is 5.97 Å². The molecule has 0 aliphatic heterocycles. The van der Waals surface area contributed by atoms with Gasteiger partial charge in [-0.25, -0.2) is 0 Å². The van der Waals surface area contributed by atoms with E-state index in [4.69, 9.17) is 9.47 Å². The first-order chi connectivity index (χ1) is 13.5. The van der Waals surface area contributed by atoms with Crippen molar-refractivity contribution in [2.24, 2.45) is 0 Å². The summed E-state index contributed by atoms with van der Waals surface area (Å²) in [7, 11) is 0. The SMILES string of the molecule is CCCCC[C@H](O)C[C@@H](CCc1ccc(O)c(OC2CCCC2)c1)OC(C)=O. The molecule has 2 rings (SSSR count). The van der Waals surface area contributed by atoms with Crippen molar-refractivity contribution in [3.05, 3.63) is 23.8 Å². The van der Waals surface area contributed by atoms with Gasteiger partial charge in [-0.1, -0.05) is 32.3 Å². The van der Waals surface area contributed by atoms with Crippen LogP contribution in [0, 0.1) is 0 Å². The van der Waals surface area contributed by atoms with Crippen LogP contribution in [-0.4, -0.2) is 34.5 Å². The lowest BCUT2D eigenvalue weighted by Gasteiger charge is -2.21. The zero-order chi connectivity index (χ0) is 20.4. The van der Waals surface area contributed by atoms with E-state index in [1.165, 1.54) is 19.8 Å². The first kappa shape index (κ1) is 22.5. The number of aliphatic hydroxyl groups excluding tert-OH is 1. The molecule has 28 heavy (non-hydrogen) atoms. The molecule has 0 saturated heterocycles. The summed E-state index contributed by atoms with van der Waals surface area (Å²) in [6.45, 7) is 3.54. The van der Waals surface area contributed by atoms with Crippen molar-refractivity contribution in [3.63, 3.8) is 0 Å². The van der Waals surface area contributed by atoms with Crippen LogP contribution in [0.25, 0.3) is 0 Å². The van der Waals surface area contributed by atoms with Gasteiger partial charge in [0.25, 0.3) is 0 Å². The number of aryl methyl sites for hydroxylation is 1. The third-order valence-corrected chi connectivity index (χ3v) is 5.38. The summed E-state index contributed by atoms with van der Waals surface area (Å²) >= 11 is 0. The molecule has 1 aliphatic carbocycles. The van der Waals surface area contributed by atoms with Gasteiger partial charge in [-0.15, -0.1) is 0 Å². The Morgan fingerprint density at radius 3 is 2.64 bits per heavy atom. The Morgan fingerprint density at radius 2 is 1.96 bits per heavy atom.